The molecule has 0 saturated carbocycles. The van der Waals surface area contributed by atoms with E-state index in [2.05, 4.69) is 26.2 Å². The zero-order chi connectivity index (χ0) is 10.6. The van der Waals surface area contributed by atoms with Gasteiger partial charge >= 0.3 is 0 Å². The summed E-state index contributed by atoms with van der Waals surface area (Å²) in [6.45, 7) is 1.91. The summed E-state index contributed by atoms with van der Waals surface area (Å²) in [5, 5.41) is 2.64. The number of hydrogen-bond donors (Lipinski definition) is 1. The first-order valence-electron chi connectivity index (χ1n) is 4.04. The topological polar surface area (TPSA) is 51.2 Å². The van der Waals surface area contributed by atoms with E-state index < -0.39 is 0 Å². The van der Waals surface area contributed by atoms with E-state index in [1.54, 1.807) is 6.20 Å². The van der Waals surface area contributed by atoms with Crippen molar-refractivity contribution in [3.8, 4) is 0 Å². The predicted octanol–water partition coefficient (Wildman–Crippen LogP) is 1.74. The summed E-state index contributed by atoms with van der Waals surface area (Å²) in [6, 6.07) is 1.88. The minimum absolute atomic E-state index is 0.0389. The quantitative estimate of drug-likeness (QED) is 0.899. The fourth-order valence-electron chi connectivity index (χ4n) is 0.971. The zero-order valence-electron chi connectivity index (χ0n) is 8.00. The molecule has 5 heteroatoms. The Hall–Kier alpha value is -0.940. The molecule has 0 radical (unpaired) electrons. The van der Waals surface area contributed by atoms with Crippen molar-refractivity contribution in [2.75, 3.05) is 19.0 Å². The summed E-state index contributed by atoms with van der Waals surface area (Å²) in [5.74, 6) is 0.362. The highest BCUT2D eigenvalue weighted by atomic mass is 79.9. The van der Waals surface area contributed by atoms with Gasteiger partial charge in [0.05, 0.1) is 0 Å². The molecule has 1 aromatic rings. The van der Waals surface area contributed by atoms with Crippen molar-refractivity contribution in [1.82, 2.24) is 4.98 Å². The molecule has 0 aliphatic heterocycles. The molecule has 0 aliphatic carbocycles. The number of aryl methyl sites for hydroxylation is 1. The number of methoxy groups -OCH3 is 1. The Morgan fingerprint density at radius 1 is 1.71 bits per heavy atom. The largest absolute Gasteiger partial charge is 0.375 e. The number of rotatable bonds is 3. The van der Waals surface area contributed by atoms with Gasteiger partial charge in [-0.25, -0.2) is 4.98 Å². The van der Waals surface area contributed by atoms with Crippen LogP contribution < -0.4 is 5.32 Å². The van der Waals surface area contributed by atoms with Gasteiger partial charge in [0, 0.05) is 17.8 Å². The lowest BCUT2D eigenvalue weighted by molar-refractivity contribution is -0.119. The number of pyridine rings is 1. The minimum atomic E-state index is -0.203. The van der Waals surface area contributed by atoms with E-state index in [0.29, 0.717) is 5.82 Å². The monoisotopic (exact) mass is 258 g/mol. The van der Waals surface area contributed by atoms with E-state index in [-0.39, 0.29) is 12.5 Å². The molecule has 1 rings (SSSR count). The summed E-state index contributed by atoms with van der Waals surface area (Å²) < 4.78 is 5.58. The van der Waals surface area contributed by atoms with Gasteiger partial charge in [-0.1, -0.05) is 0 Å². The molecule has 0 atom stereocenters. The molecule has 0 saturated heterocycles. The number of nitrogens with one attached hydrogen (secondary N) is 1. The number of carbonyl (C=O) groups is 1. The highest BCUT2D eigenvalue weighted by Gasteiger charge is 2.05. The van der Waals surface area contributed by atoms with E-state index in [1.807, 2.05) is 13.0 Å². The Balaban J connectivity index is 2.72. The number of amides is 1. The van der Waals surface area contributed by atoms with Crippen LogP contribution in [0.15, 0.2) is 16.7 Å². The van der Waals surface area contributed by atoms with Crippen LogP contribution >= 0.6 is 15.9 Å². The van der Waals surface area contributed by atoms with Crippen LogP contribution in [0.3, 0.4) is 0 Å². The zero-order valence-corrected chi connectivity index (χ0v) is 9.59. The van der Waals surface area contributed by atoms with Crippen LogP contribution in [-0.4, -0.2) is 24.6 Å². The van der Waals surface area contributed by atoms with Crippen molar-refractivity contribution in [3.05, 3.63) is 22.3 Å². The average molecular weight is 259 g/mol. The van der Waals surface area contributed by atoms with Gasteiger partial charge in [-0.15, -0.1) is 0 Å². The lowest BCUT2D eigenvalue weighted by atomic mass is 10.3. The number of nitrogens with zero attached hydrogens (tertiary/aromatic N) is 1. The van der Waals surface area contributed by atoms with E-state index >= 15 is 0 Å². The molecular formula is C9H11BrN2O2. The molecule has 1 amide bonds. The molecule has 0 fully saturated rings. The van der Waals surface area contributed by atoms with Gasteiger partial charge in [0.2, 0.25) is 0 Å². The van der Waals surface area contributed by atoms with Gasteiger partial charge in [-0.05, 0) is 34.5 Å². The molecule has 14 heavy (non-hydrogen) atoms. The molecule has 0 spiro atoms. The fourth-order valence-corrected chi connectivity index (χ4v) is 1.42. The van der Waals surface area contributed by atoms with Crippen molar-refractivity contribution in [1.29, 1.82) is 0 Å². The van der Waals surface area contributed by atoms with Gasteiger partial charge in [-0.3, -0.25) is 4.79 Å². The fraction of sp³-hybridized carbons (Fsp3) is 0.333. The number of halogens is 1. The van der Waals surface area contributed by atoms with Crippen LogP contribution in [0.25, 0.3) is 0 Å². The van der Waals surface area contributed by atoms with Crippen molar-refractivity contribution in [2.24, 2.45) is 0 Å². The molecule has 0 aromatic carbocycles. The standard InChI is InChI=1S/C9H11BrN2O2/c1-6-3-7(10)4-11-9(6)12-8(13)5-14-2/h3-4H,5H2,1-2H3,(H,11,12,13). The molecule has 4 nitrogen and oxygen atoms in total. The van der Waals surface area contributed by atoms with Gasteiger partial charge in [0.25, 0.3) is 5.91 Å². The Labute approximate surface area is 90.8 Å². The molecule has 76 valence electrons. The molecule has 1 heterocycles. The lowest BCUT2D eigenvalue weighted by Crippen LogP contribution is -2.18. The highest BCUT2D eigenvalue weighted by Crippen LogP contribution is 2.16. The Morgan fingerprint density at radius 3 is 3.00 bits per heavy atom. The van der Waals surface area contributed by atoms with Gasteiger partial charge in [0.1, 0.15) is 12.4 Å². The molecule has 1 aromatic heterocycles. The second-order valence-electron chi connectivity index (χ2n) is 2.80. The number of aromatic nitrogens is 1. The summed E-state index contributed by atoms with van der Waals surface area (Å²) in [5.41, 5.74) is 0.906. The number of anilines is 1. The highest BCUT2D eigenvalue weighted by molar-refractivity contribution is 9.10. The Morgan fingerprint density at radius 2 is 2.43 bits per heavy atom. The first kappa shape index (κ1) is 11.1. The third kappa shape index (κ3) is 3.08. The first-order chi connectivity index (χ1) is 6.63. The van der Waals surface area contributed by atoms with Crippen LogP contribution in [0, 0.1) is 6.92 Å². The van der Waals surface area contributed by atoms with Crippen molar-refractivity contribution < 1.29 is 9.53 Å². The molecule has 0 bridgehead atoms. The number of ether oxygens (including phenoxy) is 1. The molecule has 1 N–H and O–H groups in total. The van der Waals surface area contributed by atoms with Crippen LogP contribution in [0.5, 0.6) is 0 Å². The third-order valence-corrected chi connectivity index (χ3v) is 2.01. The SMILES string of the molecule is COCC(=O)Nc1ncc(Br)cc1C. The first-order valence-corrected chi connectivity index (χ1v) is 4.83. The van der Waals surface area contributed by atoms with E-state index in [0.717, 1.165) is 10.0 Å². The van der Waals surface area contributed by atoms with Gasteiger partial charge in [-0.2, -0.15) is 0 Å². The summed E-state index contributed by atoms with van der Waals surface area (Å²) in [6.07, 6.45) is 1.63. The van der Waals surface area contributed by atoms with Crippen LogP contribution in [-0.2, 0) is 9.53 Å². The average Bonchev–Trinajstić information content (AvgIpc) is 2.10. The maximum Gasteiger partial charge on any atom is 0.251 e. The lowest BCUT2D eigenvalue weighted by Gasteiger charge is -2.06. The van der Waals surface area contributed by atoms with E-state index in [9.17, 15) is 4.79 Å². The molecule has 0 aliphatic rings. The number of carbonyl (C=O) groups excluding carboxylic acids is 1. The van der Waals surface area contributed by atoms with Crippen molar-refractivity contribution >= 4 is 27.7 Å². The Bertz CT molecular complexity index is 342. The smallest absolute Gasteiger partial charge is 0.251 e. The maximum atomic E-state index is 11.2. The van der Waals surface area contributed by atoms with Crippen LogP contribution in [0.1, 0.15) is 5.56 Å². The minimum Gasteiger partial charge on any atom is -0.375 e. The second kappa shape index (κ2) is 5.07. The predicted molar refractivity (Wildman–Crippen MR) is 57.2 cm³/mol. The Kier molecular flexibility index (Phi) is 4.03. The summed E-state index contributed by atoms with van der Waals surface area (Å²) >= 11 is 3.29. The van der Waals surface area contributed by atoms with Crippen molar-refractivity contribution in [2.45, 2.75) is 6.92 Å². The molecule has 0 unspecified atom stereocenters. The van der Waals surface area contributed by atoms with Gasteiger partial charge < -0.3 is 10.1 Å². The normalized spacial score (nSPS) is 9.93. The second-order valence-corrected chi connectivity index (χ2v) is 3.72. The number of hydrogen-bond acceptors (Lipinski definition) is 3. The van der Waals surface area contributed by atoms with Gasteiger partial charge in [0.15, 0.2) is 0 Å². The third-order valence-electron chi connectivity index (χ3n) is 1.58. The summed E-state index contributed by atoms with van der Waals surface area (Å²) in [7, 11) is 1.47. The van der Waals surface area contributed by atoms with Crippen LogP contribution in [0.4, 0.5) is 5.82 Å². The molecular weight excluding hydrogens is 248 g/mol. The van der Waals surface area contributed by atoms with E-state index in [1.165, 1.54) is 7.11 Å². The summed E-state index contributed by atoms with van der Waals surface area (Å²) in [4.78, 5) is 15.2. The van der Waals surface area contributed by atoms with Crippen molar-refractivity contribution in [3.63, 3.8) is 0 Å². The van der Waals surface area contributed by atoms with E-state index in [4.69, 9.17) is 4.74 Å². The maximum absolute atomic E-state index is 11.2. The van der Waals surface area contributed by atoms with Crippen LogP contribution in [0.2, 0.25) is 0 Å².